The molecule has 1 aliphatic carbocycles. The number of nitrogens with zero attached hydrogens (tertiary/aromatic N) is 1. The van der Waals surface area contributed by atoms with Crippen molar-refractivity contribution in [2.75, 3.05) is 37.7 Å². The zero-order valence-corrected chi connectivity index (χ0v) is 10.8. The first kappa shape index (κ1) is 11.3. The van der Waals surface area contributed by atoms with Crippen LogP contribution in [-0.2, 0) is 0 Å². The molecule has 16 heavy (non-hydrogen) atoms. The second-order valence-corrected chi connectivity index (χ2v) is 6.50. The summed E-state index contributed by atoms with van der Waals surface area (Å²) < 4.78 is 0. The van der Waals surface area contributed by atoms with Gasteiger partial charge in [0, 0.05) is 55.8 Å². The smallest absolute Gasteiger partial charge is 0.0283 e. The van der Waals surface area contributed by atoms with Gasteiger partial charge in [0.05, 0.1) is 0 Å². The Hall–Kier alpha value is 0.230. The van der Waals surface area contributed by atoms with E-state index in [1.54, 1.807) is 0 Å². The van der Waals surface area contributed by atoms with E-state index in [4.69, 9.17) is 0 Å². The number of rotatable bonds is 4. The molecule has 2 aliphatic heterocycles. The minimum absolute atomic E-state index is 0.703. The summed E-state index contributed by atoms with van der Waals surface area (Å²) in [6.45, 7) is 4.98. The highest BCUT2D eigenvalue weighted by Crippen LogP contribution is 2.29. The van der Waals surface area contributed by atoms with Crippen molar-refractivity contribution < 1.29 is 0 Å². The molecule has 2 heterocycles. The van der Waals surface area contributed by atoms with Gasteiger partial charge < -0.3 is 10.6 Å². The number of hydrogen-bond donors (Lipinski definition) is 2. The molecule has 1 saturated carbocycles. The molecule has 4 heteroatoms. The highest BCUT2D eigenvalue weighted by atomic mass is 32.2. The van der Waals surface area contributed by atoms with Gasteiger partial charge >= 0.3 is 0 Å². The lowest BCUT2D eigenvalue weighted by molar-refractivity contribution is 0.316. The zero-order valence-electron chi connectivity index (χ0n) is 9.95. The maximum Gasteiger partial charge on any atom is 0.0283 e. The zero-order chi connectivity index (χ0) is 10.8. The molecule has 3 aliphatic rings. The molecule has 0 bridgehead atoms. The number of likely N-dealkylation sites (tertiary alicyclic amines) is 1. The standard InChI is InChI=1S/C12H23N3S/c1-2-12(1)15-5-3-10(8-15)14-7-11-9-16-6-4-13-11/h10-14H,1-9H2. The second-order valence-electron chi connectivity index (χ2n) is 5.35. The predicted octanol–water partition coefficient (Wildman–Crippen LogP) is 0.518. The van der Waals surface area contributed by atoms with Gasteiger partial charge in [0.1, 0.15) is 0 Å². The summed E-state index contributed by atoms with van der Waals surface area (Å²) in [7, 11) is 0. The van der Waals surface area contributed by atoms with E-state index in [1.165, 1.54) is 50.4 Å². The molecule has 0 radical (unpaired) electrons. The number of hydrogen-bond acceptors (Lipinski definition) is 4. The van der Waals surface area contributed by atoms with Crippen molar-refractivity contribution in [1.82, 2.24) is 15.5 Å². The molecule has 2 N–H and O–H groups in total. The van der Waals surface area contributed by atoms with Crippen molar-refractivity contribution in [1.29, 1.82) is 0 Å². The lowest BCUT2D eigenvalue weighted by Crippen LogP contribution is -2.47. The van der Waals surface area contributed by atoms with Gasteiger partial charge in [0.25, 0.3) is 0 Å². The third-order valence-corrected chi connectivity index (χ3v) is 5.07. The van der Waals surface area contributed by atoms with Crippen LogP contribution in [0.3, 0.4) is 0 Å². The Labute approximate surface area is 103 Å². The Bertz CT molecular complexity index is 226. The number of thioether (sulfide) groups is 1. The molecule has 0 aromatic carbocycles. The van der Waals surface area contributed by atoms with E-state index in [-0.39, 0.29) is 0 Å². The molecule has 3 fully saturated rings. The Morgan fingerprint density at radius 2 is 2.25 bits per heavy atom. The lowest BCUT2D eigenvalue weighted by atomic mass is 10.2. The largest absolute Gasteiger partial charge is 0.311 e. The summed E-state index contributed by atoms with van der Waals surface area (Å²) >= 11 is 2.09. The van der Waals surface area contributed by atoms with Gasteiger partial charge in [-0.1, -0.05) is 0 Å². The third-order valence-electron chi connectivity index (χ3n) is 3.93. The molecule has 0 amide bonds. The van der Waals surface area contributed by atoms with E-state index in [2.05, 4.69) is 27.3 Å². The van der Waals surface area contributed by atoms with Crippen molar-refractivity contribution in [2.24, 2.45) is 0 Å². The lowest BCUT2D eigenvalue weighted by Gasteiger charge is -2.25. The molecule has 0 aromatic heterocycles. The van der Waals surface area contributed by atoms with Crippen LogP contribution < -0.4 is 10.6 Å². The average molecular weight is 241 g/mol. The van der Waals surface area contributed by atoms with Crippen LogP contribution in [0, 0.1) is 0 Å². The third kappa shape index (κ3) is 2.92. The van der Waals surface area contributed by atoms with Crippen LogP contribution in [-0.4, -0.2) is 60.7 Å². The van der Waals surface area contributed by atoms with Crippen LogP contribution in [0.25, 0.3) is 0 Å². The fraction of sp³-hybridized carbons (Fsp3) is 1.00. The quantitative estimate of drug-likeness (QED) is 0.750. The van der Waals surface area contributed by atoms with E-state index < -0.39 is 0 Å². The van der Waals surface area contributed by atoms with E-state index in [1.807, 2.05) is 0 Å². The molecule has 3 rings (SSSR count). The molecular formula is C12H23N3S. The van der Waals surface area contributed by atoms with E-state index in [9.17, 15) is 0 Å². The van der Waals surface area contributed by atoms with Crippen molar-refractivity contribution in [3.05, 3.63) is 0 Å². The molecule has 2 atom stereocenters. The van der Waals surface area contributed by atoms with Crippen molar-refractivity contribution in [3.8, 4) is 0 Å². The van der Waals surface area contributed by atoms with Gasteiger partial charge in [-0.3, -0.25) is 4.90 Å². The normalized spacial score (nSPS) is 36.8. The fourth-order valence-corrected chi connectivity index (χ4v) is 3.73. The first-order chi connectivity index (χ1) is 7.92. The van der Waals surface area contributed by atoms with Crippen LogP contribution in [0.15, 0.2) is 0 Å². The molecule has 0 aromatic rings. The first-order valence-electron chi connectivity index (χ1n) is 6.70. The number of nitrogens with one attached hydrogen (secondary N) is 2. The van der Waals surface area contributed by atoms with Crippen molar-refractivity contribution >= 4 is 11.8 Å². The molecule has 3 nitrogen and oxygen atoms in total. The van der Waals surface area contributed by atoms with Crippen LogP contribution in [0.1, 0.15) is 19.3 Å². The van der Waals surface area contributed by atoms with Gasteiger partial charge in [-0.25, -0.2) is 0 Å². The van der Waals surface area contributed by atoms with Gasteiger partial charge in [0.15, 0.2) is 0 Å². The monoisotopic (exact) mass is 241 g/mol. The molecule has 2 unspecified atom stereocenters. The minimum Gasteiger partial charge on any atom is -0.311 e. The summed E-state index contributed by atoms with van der Waals surface area (Å²) in [6.07, 6.45) is 4.26. The van der Waals surface area contributed by atoms with Crippen molar-refractivity contribution in [2.45, 2.75) is 37.4 Å². The summed E-state index contributed by atoms with van der Waals surface area (Å²) in [5.74, 6) is 2.57. The Morgan fingerprint density at radius 3 is 3.00 bits per heavy atom. The van der Waals surface area contributed by atoms with Crippen LogP contribution in [0.4, 0.5) is 0 Å². The first-order valence-corrected chi connectivity index (χ1v) is 7.86. The maximum atomic E-state index is 3.75. The summed E-state index contributed by atoms with van der Waals surface area (Å²) in [4.78, 5) is 2.68. The predicted molar refractivity (Wildman–Crippen MR) is 70.1 cm³/mol. The van der Waals surface area contributed by atoms with Crippen LogP contribution >= 0.6 is 11.8 Å². The molecule has 0 spiro atoms. The van der Waals surface area contributed by atoms with Gasteiger partial charge in [-0.15, -0.1) is 0 Å². The SMILES string of the molecule is C1CSCC(CNC2CCN(C3CC3)C2)N1. The van der Waals surface area contributed by atoms with Gasteiger partial charge in [-0.2, -0.15) is 11.8 Å². The topological polar surface area (TPSA) is 27.3 Å². The highest BCUT2D eigenvalue weighted by Gasteiger charge is 2.34. The Kier molecular flexibility index (Phi) is 3.72. The van der Waals surface area contributed by atoms with Crippen LogP contribution in [0.5, 0.6) is 0 Å². The van der Waals surface area contributed by atoms with Crippen LogP contribution in [0.2, 0.25) is 0 Å². The maximum absolute atomic E-state index is 3.75. The molecular weight excluding hydrogens is 218 g/mol. The van der Waals surface area contributed by atoms with E-state index >= 15 is 0 Å². The summed E-state index contributed by atoms with van der Waals surface area (Å²) in [5.41, 5.74) is 0. The van der Waals surface area contributed by atoms with Gasteiger partial charge in [0.2, 0.25) is 0 Å². The molecule has 92 valence electrons. The minimum atomic E-state index is 0.703. The van der Waals surface area contributed by atoms with E-state index in [0.29, 0.717) is 6.04 Å². The summed E-state index contributed by atoms with van der Waals surface area (Å²) in [6, 6.07) is 2.42. The van der Waals surface area contributed by atoms with Gasteiger partial charge in [-0.05, 0) is 19.3 Å². The second kappa shape index (κ2) is 5.25. The van der Waals surface area contributed by atoms with Crippen molar-refractivity contribution in [3.63, 3.8) is 0 Å². The van der Waals surface area contributed by atoms with E-state index in [0.717, 1.165) is 18.6 Å². The fourth-order valence-electron chi connectivity index (χ4n) is 2.79. The average Bonchev–Trinajstić information content (AvgIpc) is 3.08. The molecule has 2 saturated heterocycles. The highest BCUT2D eigenvalue weighted by molar-refractivity contribution is 7.99. The Morgan fingerprint density at radius 1 is 1.31 bits per heavy atom. The summed E-state index contributed by atoms with van der Waals surface area (Å²) in [5, 5.41) is 7.34. The Balaban J connectivity index is 1.35.